The highest BCUT2D eigenvalue weighted by molar-refractivity contribution is 6.12. The second-order valence-electron chi connectivity index (χ2n) is 11.1. The van der Waals surface area contributed by atoms with E-state index in [1.54, 1.807) is 7.11 Å². The van der Waals surface area contributed by atoms with E-state index in [0.717, 1.165) is 76.0 Å². The van der Waals surface area contributed by atoms with Crippen LogP contribution in [0.15, 0.2) is 47.0 Å². The lowest BCUT2D eigenvalue weighted by atomic mass is 9.96. The lowest BCUT2D eigenvalue weighted by molar-refractivity contribution is -0.135. The molecule has 2 aromatic carbocycles. The van der Waals surface area contributed by atoms with Crippen LogP contribution < -0.4 is 15.4 Å². The summed E-state index contributed by atoms with van der Waals surface area (Å²) < 4.78 is 11.3. The third-order valence-electron chi connectivity index (χ3n) is 8.22. The van der Waals surface area contributed by atoms with Crippen LogP contribution in [-0.4, -0.2) is 64.7 Å². The number of carbonyl (C=O) groups excluding carboxylic acids is 1. The molecule has 1 amide bonds. The summed E-state index contributed by atoms with van der Waals surface area (Å²) in [4.78, 5) is 28.3. The SMILES string of the molecule is COc1cc2c(cc1-c1c(C)noc1C)[nH]c1nc(C)nc(N[C@H](CN(C)C(=O)C3CCNCC3)c3ccccc3)c12. The smallest absolute Gasteiger partial charge is 0.225 e. The number of anilines is 1. The van der Waals surface area contributed by atoms with Crippen LogP contribution in [-0.2, 0) is 4.79 Å². The number of aromatic nitrogens is 4. The summed E-state index contributed by atoms with van der Waals surface area (Å²) in [5.41, 5.74) is 5.31. The van der Waals surface area contributed by atoms with Crippen molar-refractivity contribution in [2.24, 2.45) is 5.92 Å². The Kier molecular flexibility index (Phi) is 7.55. The van der Waals surface area contributed by atoms with E-state index in [2.05, 4.69) is 39.0 Å². The predicted octanol–water partition coefficient (Wildman–Crippen LogP) is 5.31. The standard InChI is InChI=1S/C32H37N7O3/c1-18-28(19(2)42-38-18)24-15-25-23(16-27(24)41-5)29-30(36-25)34-20(3)35-31(29)37-26(21-9-7-6-8-10-21)17-39(4)32(40)22-11-13-33-14-12-22/h6-10,15-16,22,26,33H,11-14,17H2,1-5H3,(H2,34,35,36,37)/t26-/m1/s1. The maximum absolute atomic E-state index is 13.4. The zero-order valence-electron chi connectivity index (χ0n) is 24.7. The molecule has 0 spiro atoms. The van der Waals surface area contributed by atoms with Crippen molar-refractivity contribution in [2.45, 2.75) is 39.7 Å². The van der Waals surface area contributed by atoms with E-state index in [9.17, 15) is 4.79 Å². The number of benzene rings is 2. The molecule has 218 valence electrons. The Labute approximate surface area is 244 Å². The number of piperidine rings is 1. The van der Waals surface area contributed by atoms with Gasteiger partial charge in [0.1, 0.15) is 28.8 Å². The third kappa shape index (κ3) is 5.18. The van der Waals surface area contributed by atoms with Gasteiger partial charge < -0.3 is 29.8 Å². The number of nitrogens with zero attached hydrogens (tertiary/aromatic N) is 4. The second-order valence-corrected chi connectivity index (χ2v) is 11.1. The van der Waals surface area contributed by atoms with Crippen LogP contribution in [0.4, 0.5) is 5.82 Å². The Balaban J connectivity index is 1.42. The Hall–Kier alpha value is -4.44. The van der Waals surface area contributed by atoms with Gasteiger partial charge in [0.2, 0.25) is 5.91 Å². The van der Waals surface area contributed by atoms with E-state index in [1.807, 2.05) is 57.0 Å². The Bertz CT molecular complexity index is 1720. The first-order valence-corrected chi connectivity index (χ1v) is 14.4. The normalized spacial score (nSPS) is 14.8. The van der Waals surface area contributed by atoms with Gasteiger partial charge in [-0.15, -0.1) is 0 Å². The number of aromatic amines is 1. The molecule has 3 N–H and O–H groups in total. The first-order valence-electron chi connectivity index (χ1n) is 14.4. The Morgan fingerprint density at radius 3 is 2.60 bits per heavy atom. The van der Waals surface area contributed by atoms with Gasteiger partial charge >= 0.3 is 0 Å². The van der Waals surface area contributed by atoms with E-state index in [0.29, 0.717) is 23.9 Å². The van der Waals surface area contributed by atoms with Gasteiger partial charge in [0.25, 0.3) is 0 Å². The summed E-state index contributed by atoms with van der Waals surface area (Å²) in [6.07, 6.45) is 1.73. The average molecular weight is 568 g/mol. The number of amides is 1. The van der Waals surface area contributed by atoms with Crippen molar-refractivity contribution in [1.29, 1.82) is 0 Å². The van der Waals surface area contributed by atoms with Crippen LogP contribution in [0.5, 0.6) is 5.75 Å². The van der Waals surface area contributed by atoms with Gasteiger partial charge in [-0.3, -0.25) is 4.79 Å². The molecule has 10 heteroatoms. The summed E-state index contributed by atoms with van der Waals surface area (Å²) >= 11 is 0. The van der Waals surface area contributed by atoms with Gasteiger partial charge in [0.05, 0.1) is 29.8 Å². The molecule has 1 fully saturated rings. The zero-order valence-corrected chi connectivity index (χ0v) is 24.7. The number of nitrogens with one attached hydrogen (secondary N) is 3. The highest BCUT2D eigenvalue weighted by Crippen LogP contribution is 2.41. The van der Waals surface area contributed by atoms with Crippen molar-refractivity contribution < 1.29 is 14.1 Å². The van der Waals surface area contributed by atoms with Crippen LogP contribution in [0.2, 0.25) is 0 Å². The van der Waals surface area contributed by atoms with Crippen molar-refractivity contribution >= 4 is 33.7 Å². The molecule has 0 aliphatic carbocycles. The fraction of sp³-hybridized carbons (Fsp3) is 0.375. The van der Waals surface area contributed by atoms with E-state index in [-0.39, 0.29) is 17.9 Å². The molecule has 4 heterocycles. The quantitative estimate of drug-likeness (QED) is 0.231. The molecule has 1 saturated heterocycles. The summed E-state index contributed by atoms with van der Waals surface area (Å²) in [6, 6.07) is 14.1. The second kappa shape index (κ2) is 11.4. The van der Waals surface area contributed by atoms with Crippen LogP contribution in [0.25, 0.3) is 33.1 Å². The molecule has 1 atom stereocenters. The van der Waals surface area contributed by atoms with Gasteiger partial charge in [-0.2, -0.15) is 0 Å². The lowest BCUT2D eigenvalue weighted by Gasteiger charge is -2.30. The first-order chi connectivity index (χ1) is 20.3. The van der Waals surface area contributed by atoms with Crippen LogP contribution in [0, 0.1) is 26.7 Å². The fourth-order valence-electron chi connectivity index (χ4n) is 6.10. The van der Waals surface area contributed by atoms with Gasteiger partial charge in [0, 0.05) is 36.0 Å². The number of rotatable bonds is 8. The number of H-pyrrole nitrogens is 1. The molecular weight excluding hydrogens is 530 g/mol. The molecule has 6 rings (SSSR count). The monoisotopic (exact) mass is 567 g/mol. The minimum Gasteiger partial charge on any atom is -0.496 e. The number of hydrogen-bond donors (Lipinski definition) is 3. The van der Waals surface area contributed by atoms with Crippen molar-refractivity contribution in [3.05, 3.63) is 65.3 Å². The lowest BCUT2D eigenvalue weighted by Crippen LogP contribution is -2.41. The summed E-state index contributed by atoms with van der Waals surface area (Å²) in [5.74, 6) is 3.01. The van der Waals surface area contributed by atoms with Gasteiger partial charge in [-0.1, -0.05) is 35.5 Å². The molecule has 3 aromatic heterocycles. The molecular formula is C32H37N7O3. The topological polar surface area (TPSA) is 121 Å². The Morgan fingerprint density at radius 1 is 1.14 bits per heavy atom. The largest absolute Gasteiger partial charge is 0.496 e. The summed E-state index contributed by atoms with van der Waals surface area (Å²) in [7, 11) is 3.56. The van der Waals surface area contributed by atoms with E-state index < -0.39 is 0 Å². The number of fused-ring (bicyclic) bond motifs is 3. The number of carbonyl (C=O) groups is 1. The fourth-order valence-corrected chi connectivity index (χ4v) is 6.10. The minimum absolute atomic E-state index is 0.0497. The van der Waals surface area contributed by atoms with Gasteiger partial charge in [-0.25, -0.2) is 9.97 Å². The molecule has 1 aliphatic heterocycles. The minimum atomic E-state index is -0.187. The van der Waals surface area contributed by atoms with Crippen molar-refractivity contribution in [2.75, 3.05) is 39.1 Å². The van der Waals surface area contributed by atoms with Crippen LogP contribution in [0.1, 0.15) is 41.7 Å². The molecule has 0 bridgehead atoms. The number of likely N-dealkylation sites (N-methyl/N-ethyl adjacent to an activating group) is 1. The average Bonchev–Trinajstić information content (AvgIpc) is 3.53. The maximum Gasteiger partial charge on any atom is 0.225 e. The zero-order chi connectivity index (χ0) is 29.4. The van der Waals surface area contributed by atoms with Crippen molar-refractivity contribution in [1.82, 2.24) is 30.3 Å². The van der Waals surface area contributed by atoms with Gasteiger partial charge in [-0.05, 0) is 64.4 Å². The van der Waals surface area contributed by atoms with Gasteiger partial charge in [0.15, 0.2) is 0 Å². The molecule has 0 saturated carbocycles. The number of hydrogen-bond acceptors (Lipinski definition) is 8. The Morgan fingerprint density at radius 2 is 1.90 bits per heavy atom. The molecule has 1 aliphatic rings. The van der Waals surface area contributed by atoms with Crippen molar-refractivity contribution in [3.8, 4) is 16.9 Å². The highest BCUT2D eigenvalue weighted by Gasteiger charge is 2.27. The molecule has 5 aromatic rings. The summed E-state index contributed by atoms with van der Waals surface area (Å²) in [5, 5.41) is 13.0. The highest BCUT2D eigenvalue weighted by atomic mass is 16.5. The van der Waals surface area contributed by atoms with E-state index in [4.69, 9.17) is 19.2 Å². The third-order valence-corrected chi connectivity index (χ3v) is 8.22. The number of methoxy groups -OCH3 is 1. The molecule has 42 heavy (non-hydrogen) atoms. The maximum atomic E-state index is 13.4. The van der Waals surface area contributed by atoms with Crippen molar-refractivity contribution in [3.63, 3.8) is 0 Å². The van der Waals surface area contributed by atoms with E-state index in [1.165, 1.54) is 0 Å². The summed E-state index contributed by atoms with van der Waals surface area (Å²) in [6.45, 7) is 7.97. The number of ether oxygens (including phenoxy) is 1. The first kappa shape index (κ1) is 27.7. The van der Waals surface area contributed by atoms with Crippen LogP contribution >= 0.6 is 0 Å². The molecule has 0 radical (unpaired) electrons. The molecule has 0 unspecified atom stereocenters. The molecule has 10 nitrogen and oxygen atoms in total. The predicted molar refractivity (Wildman–Crippen MR) is 164 cm³/mol. The van der Waals surface area contributed by atoms with E-state index >= 15 is 0 Å². The van der Waals surface area contributed by atoms with Crippen LogP contribution in [0.3, 0.4) is 0 Å². The number of aryl methyl sites for hydroxylation is 3.